The lowest BCUT2D eigenvalue weighted by Gasteiger charge is -2.26. The van der Waals surface area contributed by atoms with E-state index in [-0.39, 0.29) is 28.9 Å². The van der Waals surface area contributed by atoms with Gasteiger partial charge in [-0.3, -0.25) is 10.1 Å². The highest BCUT2D eigenvalue weighted by molar-refractivity contribution is 6.31. The third-order valence-electron chi connectivity index (χ3n) is 5.75. The van der Waals surface area contributed by atoms with E-state index in [9.17, 15) is 14.7 Å². The number of guanidine groups is 1. The van der Waals surface area contributed by atoms with Gasteiger partial charge < -0.3 is 24.9 Å². The average Bonchev–Trinajstić information content (AvgIpc) is 3.30. The van der Waals surface area contributed by atoms with Crippen LogP contribution < -0.4 is 20.7 Å². The Balaban J connectivity index is 1.47. The van der Waals surface area contributed by atoms with Crippen LogP contribution in [0.4, 0.5) is 11.8 Å². The standard InChI is InChI=1S/C26H21ClN6O5/c1-13-21(23(34)31-20-11-14(24(35)36)9-10-28-20)22(16-5-3-4-6-17(16)27)32-25(29-13)33-26-30-18-12-15(37-2)7-8-19(18)38-26/h3-12,22H,1-2H3,(H,35,36)(H,28,31,34)(H2,29,30,32,33). The molecule has 192 valence electrons. The van der Waals surface area contributed by atoms with Crippen molar-refractivity contribution in [3.05, 3.63) is 88.2 Å². The van der Waals surface area contributed by atoms with Gasteiger partial charge in [-0.05, 0) is 37.3 Å². The van der Waals surface area contributed by atoms with E-state index in [1.54, 1.807) is 56.5 Å². The molecule has 0 spiro atoms. The van der Waals surface area contributed by atoms with Crippen LogP contribution in [0.15, 0.2) is 81.5 Å². The molecule has 1 aliphatic heterocycles. The lowest BCUT2D eigenvalue weighted by Crippen LogP contribution is -2.37. The number of halogens is 1. The van der Waals surface area contributed by atoms with E-state index >= 15 is 0 Å². The van der Waals surface area contributed by atoms with E-state index in [1.165, 1.54) is 18.3 Å². The number of oxazole rings is 1. The number of aliphatic imine (C=N–C) groups is 1. The first kappa shape index (κ1) is 24.8. The minimum absolute atomic E-state index is 0.00844. The zero-order valence-corrected chi connectivity index (χ0v) is 20.9. The molecule has 0 saturated heterocycles. The number of carbonyl (C=O) groups is 2. The summed E-state index contributed by atoms with van der Waals surface area (Å²) < 4.78 is 11.0. The van der Waals surface area contributed by atoms with Gasteiger partial charge in [-0.1, -0.05) is 29.8 Å². The number of methoxy groups -OCH3 is 1. The number of anilines is 2. The Hall–Kier alpha value is -4.90. The van der Waals surface area contributed by atoms with E-state index in [0.717, 1.165) is 0 Å². The minimum Gasteiger partial charge on any atom is -0.497 e. The maximum Gasteiger partial charge on any atom is 0.335 e. The predicted octanol–water partition coefficient (Wildman–Crippen LogP) is 4.61. The molecule has 0 aliphatic carbocycles. The summed E-state index contributed by atoms with van der Waals surface area (Å²) in [4.78, 5) is 37.9. The molecule has 5 rings (SSSR count). The van der Waals surface area contributed by atoms with Crippen LogP contribution in [0.25, 0.3) is 11.1 Å². The number of aromatic carboxylic acids is 1. The Morgan fingerprint density at radius 2 is 1.97 bits per heavy atom. The lowest BCUT2D eigenvalue weighted by molar-refractivity contribution is -0.113. The molecule has 1 aliphatic rings. The van der Waals surface area contributed by atoms with Crippen molar-refractivity contribution in [1.82, 2.24) is 15.3 Å². The Kier molecular flexibility index (Phi) is 6.67. The van der Waals surface area contributed by atoms with Crippen LogP contribution in [0.5, 0.6) is 5.75 Å². The molecule has 1 atom stereocenters. The predicted molar refractivity (Wildman–Crippen MR) is 141 cm³/mol. The first-order chi connectivity index (χ1) is 18.3. The fourth-order valence-corrected chi connectivity index (χ4v) is 4.20. The number of carboxylic acids is 1. The Bertz CT molecular complexity index is 1630. The van der Waals surface area contributed by atoms with E-state index in [1.807, 2.05) is 0 Å². The highest BCUT2D eigenvalue weighted by atomic mass is 35.5. The summed E-state index contributed by atoms with van der Waals surface area (Å²) in [6.45, 7) is 1.72. The van der Waals surface area contributed by atoms with E-state index in [4.69, 9.17) is 25.7 Å². The van der Waals surface area contributed by atoms with Crippen molar-refractivity contribution < 1.29 is 23.8 Å². The topological polar surface area (TPSA) is 151 Å². The molecule has 11 nitrogen and oxygen atoms in total. The fraction of sp³-hybridized carbons (Fsp3) is 0.115. The van der Waals surface area contributed by atoms with Crippen LogP contribution in [0.3, 0.4) is 0 Å². The van der Waals surface area contributed by atoms with Gasteiger partial charge in [0.2, 0.25) is 5.96 Å². The summed E-state index contributed by atoms with van der Waals surface area (Å²) in [5, 5.41) is 18.4. The molecule has 0 bridgehead atoms. The van der Waals surface area contributed by atoms with Gasteiger partial charge in [0, 0.05) is 28.5 Å². The number of allylic oxidation sites excluding steroid dienone is 1. The number of benzene rings is 2. The van der Waals surface area contributed by atoms with Gasteiger partial charge in [-0.15, -0.1) is 0 Å². The molecule has 1 amide bonds. The van der Waals surface area contributed by atoms with E-state index < -0.39 is 17.9 Å². The summed E-state index contributed by atoms with van der Waals surface area (Å²) in [5.41, 5.74) is 2.48. The second kappa shape index (κ2) is 10.2. The van der Waals surface area contributed by atoms with Gasteiger partial charge in [-0.25, -0.2) is 14.8 Å². The molecule has 0 saturated carbocycles. The highest BCUT2D eigenvalue weighted by Crippen LogP contribution is 2.35. The number of nitrogens with one attached hydrogen (secondary N) is 3. The number of hydrogen-bond donors (Lipinski definition) is 4. The van der Waals surface area contributed by atoms with Crippen LogP contribution in [0.2, 0.25) is 5.02 Å². The number of carbonyl (C=O) groups excluding carboxylic acids is 1. The van der Waals surface area contributed by atoms with Gasteiger partial charge in [-0.2, -0.15) is 4.98 Å². The number of fused-ring (bicyclic) bond motifs is 1. The van der Waals surface area contributed by atoms with Crippen molar-refractivity contribution in [2.45, 2.75) is 13.0 Å². The van der Waals surface area contributed by atoms with Crippen LogP contribution in [0.1, 0.15) is 28.9 Å². The number of ether oxygens (including phenoxy) is 1. The summed E-state index contributed by atoms with van der Waals surface area (Å²) in [5.74, 6) is -0.644. The number of rotatable bonds is 6. The normalized spacial score (nSPS) is 15.0. The molecule has 38 heavy (non-hydrogen) atoms. The zero-order chi connectivity index (χ0) is 26.8. The van der Waals surface area contributed by atoms with Crippen molar-refractivity contribution in [3.63, 3.8) is 0 Å². The molecule has 1 unspecified atom stereocenters. The van der Waals surface area contributed by atoms with E-state index in [2.05, 4.69) is 25.9 Å². The third kappa shape index (κ3) is 5.00. The third-order valence-corrected chi connectivity index (χ3v) is 6.10. The van der Waals surface area contributed by atoms with Gasteiger partial charge in [0.15, 0.2) is 5.58 Å². The Morgan fingerprint density at radius 3 is 2.74 bits per heavy atom. The molecule has 12 heteroatoms. The highest BCUT2D eigenvalue weighted by Gasteiger charge is 2.31. The number of pyridine rings is 1. The zero-order valence-electron chi connectivity index (χ0n) is 20.2. The van der Waals surface area contributed by atoms with Crippen LogP contribution in [-0.4, -0.2) is 40.0 Å². The van der Waals surface area contributed by atoms with Crippen molar-refractivity contribution in [2.75, 3.05) is 17.7 Å². The largest absolute Gasteiger partial charge is 0.497 e. The lowest BCUT2D eigenvalue weighted by atomic mass is 9.95. The molecule has 2 aromatic heterocycles. The maximum absolute atomic E-state index is 13.4. The van der Waals surface area contributed by atoms with Crippen LogP contribution in [0, 0.1) is 0 Å². The fourth-order valence-electron chi connectivity index (χ4n) is 3.96. The van der Waals surface area contributed by atoms with Gasteiger partial charge in [0.1, 0.15) is 23.1 Å². The number of nitrogens with zero attached hydrogens (tertiary/aromatic N) is 3. The number of carboxylic acid groups (broad SMARTS) is 1. The Morgan fingerprint density at radius 1 is 1.16 bits per heavy atom. The SMILES string of the molecule is COc1ccc2oc(NC3=NC(c4ccccc4Cl)C(C(=O)Nc4cc(C(=O)O)ccn4)=C(C)N3)nc2c1. The first-order valence-electron chi connectivity index (χ1n) is 11.3. The number of amides is 1. The van der Waals surface area contributed by atoms with Gasteiger partial charge in [0.25, 0.3) is 5.91 Å². The van der Waals surface area contributed by atoms with Crippen molar-refractivity contribution >= 4 is 52.4 Å². The minimum atomic E-state index is -1.13. The van der Waals surface area contributed by atoms with Gasteiger partial charge in [0.05, 0.1) is 18.2 Å². The molecule has 4 aromatic rings. The quantitative estimate of drug-likeness (QED) is 0.279. The molecule has 2 aromatic carbocycles. The summed E-state index contributed by atoms with van der Waals surface area (Å²) >= 11 is 6.50. The molecule has 3 heterocycles. The van der Waals surface area contributed by atoms with Crippen molar-refractivity contribution in [3.8, 4) is 5.75 Å². The smallest absolute Gasteiger partial charge is 0.335 e. The Labute approximate surface area is 221 Å². The van der Waals surface area contributed by atoms with Crippen LogP contribution >= 0.6 is 11.6 Å². The van der Waals surface area contributed by atoms with Crippen LogP contribution in [-0.2, 0) is 4.79 Å². The number of hydrogen-bond acceptors (Lipinski definition) is 9. The van der Waals surface area contributed by atoms with Gasteiger partial charge >= 0.3 is 12.0 Å². The molecular formula is C26H21ClN6O5. The second-order valence-corrected chi connectivity index (χ2v) is 8.64. The summed E-state index contributed by atoms with van der Waals surface area (Å²) in [6.07, 6.45) is 1.31. The second-order valence-electron chi connectivity index (χ2n) is 8.23. The molecular weight excluding hydrogens is 512 g/mol. The van der Waals surface area contributed by atoms with Crippen molar-refractivity contribution in [2.24, 2.45) is 4.99 Å². The molecule has 0 radical (unpaired) electrons. The number of aromatic nitrogens is 2. The molecule has 0 fully saturated rings. The maximum atomic E-state index is 13.4. The first-order valence-corrected chi connectivity index (χ1v) is 11.7. The summed E-state index contributed by atoms with van der Waals surface area (Å²) in [7, 11) is 1.57. The average molecular weight is 533 g/mol. The monoisotopic (exact) mass is 532 g/mol. The van der Waals surface area contributed by atoms with E-state index in [0.29, 0.717) is 33.1 Å². The molecule has 4 N–H and O–H groups in total. The summed E-state index contributed by atoms with van der Waals surface area (Å²) in [6, 6.07) is 14.3. The van der Waals surface area contributed by atoms with Crippen molar-refractivity contribution in [1.29, 1.82) is 0 Å².